The van der Waals surface area contributed by atoms with Gasteiger partial charge in [0.2, 0.25) is 0 Å². The molecule has 0 radical (unpaired) electrons. The first-order valence-corrected chi connectivity index (χ1v) is 5.47. The summed E-state index contributed by atoms with van der Waals surface area (Å²) in [4.78, 5) is 0. The summed E-state index contributed by atoms with van der Waals surface area (Å²) in [5.74, 6) is 0.747. The van der Waals surface area contributed by atoms with E-state index in [4.69, 9.17) is 4.74 Å². The maximum absolute atomic E-state index is 5.47. The van der Waals surface area contributed by atoms with Gasteiger partial charge >= 0.3 is 0 Å². The van der Waals surface area contributed by atoms with Crippen LogP contribution >= 0.6 is 0 Å². The zero-order chi connectivity index (χ0) is 9.73. The van der Waals surface area contributed by atoms with Crippen LogP contribution in [0.1, 0.15) is 33.6 Å². The van der Waals surface area contributed by atoms with Gasteiger partial charge in [0.25, 0.3) is 0 Å². The summed E-state index contributed by atoms with van der Waals surface area (Å²) < 4.78 is 5.47. The largest absolute Gasteiger partial charge is 0.381 e. The van der Waals surface area contributed by atoms with E-state index in [2.05, 4.69) is 26.1 Å². The molecule has 2 nitrogen and oxygen atoms in total. The third kappa shape index (κ3) is 3.28. The molecule has 1 atom stereocenters. The molecule has 1 rings (SSSR count). The molecule has 1 heterocycles. The van der Waals surface area contributed by atoms with Crippen LogP contribution in [0.25, 0.3) is 0 Å². The molecule has 13 heavy (non-hydrogen) atoms. The highest BCUT2D eigenvalue weighted by atomic mass is 16.5. The number of rotatable bonds is 5. The second kappa shape index (κ2) is 4.97. The topological polar surface area (TPSA) is 21.3 Å². The summed E-state index contributed by atoms with van der Waals surface area (Å²) in [6.07, 6.45) is 2.46. The lowest BCUT2D eigenvalue weighted by molar-refractivity contribution is 0.146. The Bertz CT molecular complexity index is 139. The Hall–Kier alpha value is -0.0800. The molecule has 0 aromatic heterocycles. The molecule has 2 heteroatoms. The van der Waals surface area contributed by atoms with Gasteiger partial charge in [0.05, 0.1) is 6.61 Å². The van der Waals surface area contributed by atoms with Crippen molar-refractivity contribution < 1.29 is 4.74 Å². The Morgan fingerprint density at radius 3 is 2.69 bits per heavy atom. The summed E-state index contributed by atoms with van der Waals surface area (Å²) in [5, 5.41) is 3.54. The Morgan fingerprint density at radius 1 is 1.46 bits per heavy atom. The molecule has 1 N–H and O–H groups in total. The Kier molecular flexibility index (Phi) is 4.20. The lowest BCUT2D eigenvalue weighted by Crippen LogP contribution is -2.35. The molecule has 0 aromatic rings. The Morgan fingerprint density at radius 2 is 2.23 bits per heavy atom. The van der Waals surface area contributed by atoms with Gasteiger partial charge in [-0.25, -0.2) is 0 Å². The highest BCUT2D eigenvalue weighted by Crippen LogP contribution is 2.31. The zero-order valence-corrected chi connectivity index (χ0v) is 9.23. The Labute approximate surface area is 82.0 Å². The molecular formula is C11H23NO. The van der Waals surface area contributed by atoms with Crippen LogP contribution in [0.3, 0.4) is 0 Å². The van der Waals surface area contributed by atoms with E-state index in [0.29, 0.717) is 5.41 Å². The van der Waals surface area contributed by atoms with E-state index in [9.17, 15) is 0 Å². The molecule has 0 aliphatic carbocycles. The first-order chi connectivity index (χ1) is 6.18. The summed E-state index contributed by atoms with van der Waals surface area (Å²) in [5.41, 5.74) is 0.439. The molecule has 1 fully saturated rings. The smallest absolute Gasteiger partial charge is 0.0535 e. The van der Waals surface area contributed by atoms with E-state index < -0.39 is 0 Å². The van der Waals surface area contributed by atoms with Crippen molar-refractivity contribution in [2.45, 2.75) is 33.6 Å². The number of nitrogens with one attached hydrogen (secondary N) is 1. The van der Waals surface area contributed by atoms with Crippen molar-refractivity contribution in [1.29, 1.82) is 0 Å². The fourth-order valence-electron chi connectivity index (χ4n) is 1.82. The average molecular weight is 185 g/mol. The predicted molar refractivity (Wildman–Crippen MR) is 55.9 cm³/mol. The zero-order valence-electron chi connectivity index (χ0n) is 9.23. The fraction of sp³-hybridized carbons (Fsp3) is 1.00. The predicted octanol–water partition coefficient (Wildman–Crippen LogP) is 2.05. The second-order valence-corrected chi connectivity index (χ2v) is 4.68. The van der Waals surface area contributed by atoms with Gasteiger partial charge < -0.3 is 10.1 Å². The van der Waals surface area contributed by atoms with Crippen molar-refractivity contribution in [3.05, 3.63) is 0 Å². The van der Waals surface area contributed by atoms with E-state index in [-0.39, 0.29) is 0 Å². The van der Waals surface area contributed by atoms with Crippen molar-refractivity contribution in [2.24, 2.45) is 11.3 Å². The number of hydrogen-bond donors (Lipinski definition) is 1. The summed E-state index contributed by atoms with van der Waals surface area (Å²) in [7, 11) is 0. The highest BCUT2D eigenvalue weighted by molar-refractivity contribution is 4.84. The maximum Gasteiger partial charge on any atom is 0.0535 e. The molecule has 0 bridgehead atoms. The molecular weight excluding hydrogens is 162 g/mol. The lowest BCUT2D eigenvalue weighted by atomic mass is 9.84. The summed E-state index contributed by atoms with van der Waals surface area (Å²) in [6, 6.07) is 0. The van der Waals surface area contributed by atoms with Crippen molar-refractivity contribution >= 4 is 0 Å². The minimum atomic E-state index is 0.439. The molecule has 1 aliphatic heterocycles. The van der Waals surface area contributed by atoms with Gasteiger partial charge in [0, 0.05) is 18.6 Å². The second-order valence-electron chi connectivity index (χ2n) is 4.68. The highest BCUT2D eigenvalue weighted by Gasteiger charge is 2.32. The Balaban J connectivity index is 2.23. The van der Waals surface area contributed by atoms with Crippen LogP contribution < -0.4 is 5.32 Å². The van der Waals surface area contributed by atoms with Gasteiger partial charge in [-0.1, -0.05) is 20.8 Å². The van der Waals surface area contributed by atoms with Crippen LogP contribution in [0, 0.1) is 11.3 Å². The van der Waals surface area contributed by atoms with E-state index in [1.165, 1.54) is 12.8 Å². The van der Waals surface area contributed by atoms with E-state index in [1.54, 1.807) is 0 Å². The van der Waals surface area contributed by atoms with Crippen molar-refractivity contribution in [3.8, 4) is 0 Å². The first kappa shape index (κ1) is 11.0. The minimum Gasteiger partial charge on any atom is -0.381 e. The summed E-state index contributed by atoms with van der Waals surface area (Å²) >= 11 is 0. The molecule has 1 saturated heterocycles. The van der Waals surface area contributed by atoms with Crippen molar-refractivity contribution in [1.82, 2.24) is 5.32 Å². The van der Waals surface area contributed by atoms with Crippen LogP contribution in [0.5, 0.6) is 0 Å². The monoisotopic (exact) mass is 185 g/mol. The molecule has 0 spiro atoms. The molecule has 1 aliphatic rings. The van der Waals surface area contributed by atoms with Gasteiger partial charge in [-0.2, -0.15) is 0 Å². The number of hydrogen-bond acceptors (Lipinski definition) is 2. The van der Waals surface area contributed by atoms with E-state index in [0.717, 1.165) is 32.2 Å². The third-order valence-corrected chi connectivity index (χ3v) is 2.99. The van der Waals surface area contributed by atoms with E-state index in [1.807, 2.05) is 0 Å². The van der Waals surface area contributed by atoms with E-state index >= 15 is 0 Å². The minimum absolute atomic E-state index is 0.439. The van der Waals surface area contributed by atoms with Gasteiger partial charge in [-0.3, -0.25) is 0 Å². The van der Waals surface area contributed by atoms with Crippen molar-refractivity contribution in [2.75, 3.05) is 26.3 Å². The van der Waals surface area contributed by atoms with Crippen LogP contribution in [-0.4, -0.2) is 26.3 Å². The lowest BCUT2D eigenvalue weighted by Gasteiger charge is -2.26. The SMILES string of the molecule is CCC1(CNCC(C)C)CCOC1. The van der Waals surface area contributed by atoms with Gasteiger partial charge in [0.15, 0.2) is 0 Å². The third-order valence-electron chi connectivity index (χ3n) is 2.99. The molecule has 1 unspecified atom stereocenters. The first-order valence-electron chi connectivity index (χ1n) is 5.47. The maximum atomic E-state index is 5.47. The normalized spacial score (nSPS) is 28.6. The van der Waals surface area contributed by atoms with Crippen LogP contribution in [-0.2, 0) is 4.74 Å². The fourth-order valence-corrected chi connectivity index (χ4v) is 1.82. The number of ether oxygens (including phenoxy) is 1. The van der Waals surface area contributed by atoms with Crippen LogP contribution in [0.2, 0.25) is 0 Å². The van der Waals surface area contributed by atoms with Gasteiger partial charge in [-0.15, -0.1) is 0 Å². The quantitative estimate of drug-likeness (QED) is 0.708. The summed E-state index contributed by atoms with van der Waals surface area (Å²) in [6.45, 7) is 10.9. The van der Waals surface area contributed by atoms with Crippen LogP contribution in [0.15, 0.2) is 0 Å². The molecule has 0 saturated carbocycles. The van der Waals surface area contributed by atoms with Crippen LogP contribution in [0.4, 0.5) is 0 Å². The average Bonchev–Trinajstić information content (AvgIpc) is 2.53. The molecule has 78 valence electrons. The standard InChI is InChI=1S/C11H23NO/c1-4-11(5-6-13-9-11)8-12-7-10(2)3/h10,12H,4-9H2,1-3H3. The van der Waals surface area contributed by atoms with Gasteiger partial charge in [0.1, 0.15) is 0 Å². The molecule has 0 aromatic carbocycles. The van der Waals surface area contributed by atoms with Gasteiger partial charge in [-0.05, 0) is 25.3 Å². The molecule has 0 amide bonds. The van der Waals surface area contributed by atoms with Crippen molar-refractivity contribution in [3.63, 3.8) is 0 Å².